The van der Waals surface area contributed by atoms with Crippen LogP contribution in [0.3, 0.4) is 0 Å². The van der Waals surface area contributed by atoms with Crippen LogP contribution in [0.25, 0.3) is 0 Å². The molecule has 1 saturated carbocycles. The van der Waals surface area contributed by atoms with Crippen LogP contribution in [0.4, 0.5) is 0 Å². The second-order valence-electron chi connectivity index (χ2n) is 6.38. The minimum absolute atomic E-state index is 0.140. The summed E-state index contributed by atoms with van der Waals surface area (Å²) in [7, 11) is 0. The van der Waals surface area contributed by atoms with Gasteiger partial charge in [-0.25, -0.2) is 0 Å². The summed E-state index contributed by atoms with van der Waals surface area (Å²) in [5, 5.41) is 11.5. The molecule has 0 spiro atoms. The van der Waals surface area contributed by atoms with Crippen molar-refractivity contribution < 1.29 is 4.79 Å². The van der Waals surface area contributed by atoms with Gasteiger partial charge in [0.15, 0.2) is 0 Å². The summed E-state index contributed by atoms with van der Waals surface area (Å²) in [5.41, 5.74) is 0.801. The average Bonchev–Trinajstić information content (AvgIpc) is 3.08. The highest BCUT2D eigenvalue weighted by atomic mass is 79.9. The summed E-state index contributed by atoms with van der Waals surface area (Å²) in [6, 6.07) is 8.09. The highest BCUT2D eigenvalue weighted by Crippen LogP contribution is 2.48. The van der Waals surface area contributed by atoms with Crippen molar-refractivity contribution in [2.75, 3.05) is 6.54 Å². The van der Waals surface area contributed by atoms with Gasteiger partial charge >= 0.3 is 0 Å². The number of benzene rings is 1. The molecule has 1 amide bonds. The molecule has 0 atom stereocenters. The van der Waals surface area contributed by atoms with Crippen LogP contribution < -0.4 is 5.32 Å². The normalized spacial score (nSPS) is 17.8. The van der Waals surface area contributed by atoms with Gasteiger partial charge in [-0.1, -0.05) is 28.1 Å². The summed E-state index contributed by atoms with van der Waals surface area (Å²) in [6.07, 6.45) is 4.78. The Morgan fingerprint density at radius 1 is 1.26 bits per heavy atom. The van der Waals surface area contributed by atoms with Crippen molar-refractivity contribution in [3.05, 3.63) is 46.0 Å². The van der Waals surface area contributed by atoms with Crippen LogP contribution in [0, 0.1) is 0 Å². The van der Waals surface area contributed by atoms with Crippen molar-refractivity contribution in [2.24, 2.45) is 0 Å². The van der Waals surface area contributed by atoms with Gasteiger partial charge in [-0.05, 0) is 37.0 Å². The maximum atomic E-state index is 12.6. The molecule has 1 aromatic heterocycles. The molecule has 4 rings (SSSR count). The summed E-state index contributed by atoms with van der Waals surface area (Å²) < 4.78 is 3.23. The van der Waals surface area contributed by atoms with E-state index >= 15 is 0 Å². The molecular weight excluding hydrogens is 356 g/mol. The van der Waals surface area contributed by atoms with Crippen LogP contribution in [-0.2, 0) is 29.6 Å². The zero-order valence-electron chi connectivity index (χ0n) is 12.9. The Hall–Kier alpha value is -1.69. The monoisotopic (exact) mass is 374 g/mol. The SMILES string of the molecule is O=C(NCCc1nnc2n1CCC2)C1(c2ccc(Br)cc2)CC1. The van der Waals surface area contributed by atoms with Gasteiger partial charge < -0.3 is 9.88 Å². The zero-order chi connectivity index (χ0) is 15.9. The number of rotatable bonds is 5. The zero-order valence-corrected chi connectivity index (χ0v) is 14.5. The highest BCUT2D eigenvalue weighted by Gasteiger charge is 2.50. The standard InChI is InChI=1S/C17H19BrN4O/c18-13-5-3-12(4-6-13)17(8-9-17)16(23)19-10-7-15-21-20-14-2-1-11-22(14)15/h3-6H,1-2,7-11H2,(H,19,23). The number of carbonyl (C=O) groups is 1. The first kappa shape index (κ1) is 14.9. The second kappa shape index (κ2) is 5.74. The number of aromatic nitrogens is 3. The van der Waals surface area contributed by atoms with Crippen molar-refractivity contribution >= 4 is 21.8 Å². The van der Waals surface area contributed by atoms with Crippen LogP contribution in [0.1, 0.15) is 36.5 Å². The third-order valence-electron chi connectivity index (χ3n) is 4.90. The minimum atomic E-state index is -0.312. The highest BCUT2D eigenvalue weighted by molar-refractivity contribution is 9.10. The van der Waals surface area contributed by atoms with Gasteiger partial charge in [0, 0.05) is 30.4 Å². The molecule has 6 heteroatoms. The van der Waals surface area contributed by atoms with Crippen molar-refractivity contribution in [2.45, 2.75) is 44.1 Å². The first-order valence-electron chi connectivity index (χ1n) is 8.14. The lowest BCUT2D eigenvalue weighted by Gasteiger charge is -2.16. The van der Waals surface area contributed by atoms with E-state index in [1.807, 2.05) is 24.3 Å². The quantitative estimate of drug-likeness (QED) is 0.873. The molecule has 23 heavy (non-hydrogen) atoms. The maximum absolute atomic E-state index is 12.6. The Bertz CT molecular complexity index is 734. The molecule has 1 aliphatic heterocycles. The van der Waals surface area contributed by atoms with E-state index in [4.69, 9.17) is 0 Å². The topological polar surface area (TPSA) is 59.8 Å². The third kappa shape index (κ3) is 2.69. The third-order valence-corrected chi connectivity index (χ3v) is 5.43. The van der Waals surface area contributed by atoms with E-state index < -0.39 is 0 Å². The maximum Gasteiger partial charge on any atom is 0.230 e. The number of nitrogens with zero attached hydrogens (tertiary/aromatic N) is 3. The first-order chi connectivity index (χ1) is 11.2. The molecule has 0 radical (unpaired) electrons. The van der Waals surface area contributed by atoms with E-state index in [2.05, 4.69) is 36.0 Å². The Morgan fingerprint density at radius 2 is 2.04 bits per heavy atom. The van der Waals surface area contributed by atoms with Crippen molar-refractivity contribution in [1.82, 2.24) is 20.1 Å². The van der Waals surface area contributed by atoms with E-state index in [0.717, 1.165) is 60.3 Å². The molecule has 1 aliphatic carbocycles. The van der Waals surface area contributed by atoms with Gasteiger partial charge in [-0.15, -0.1) is 10.2 Å². The van der Waals surface area contributed by atoms with Gasteiger partial charge in [0.25, 0.3) is 0 Å². The largest absolute Gasteiger partial charge is 0.355 e. The Kier molecular flexibility index (Phi) is 3.71. The summed E-state index contributed by atoms with van der Waals surface area (Å²) >= 11 is 3.44. The second-order valence-corrected chi connectivity index (χ2v) is 7.30. The number of hydrogen-bond donors (Lipinski definition) is 1. The van der Waals surface area contributed by atoms with E-state index in [1.54, 1.807) is 0 Å². The number of nitrogens with one attached hydrogen (secondary N) is 1. The van der Waals surface area contributed by atoms with Crippen molar-refractivity contribution in [1.29, 1.82) is 0 Å². The molecule has 2 aromatic rings. The molecule has 1 aromatic carbocycles. The molecule has 5 nitrogen and oxygen atoms in total. The summed E-state index contributed by atoms with van der Waals surface area (Å²) in [6.45, 7) is 1.63. The Balaban J connectivity index is 1.37. The van der Waals surface area contributed by atoms with E-state index in [0.29, 0.717) is 6.54 Å². The van der Waals surface area contributed by atoms with Crippen LogP contribution in [0.15, 0.2) is 28.7 Å². The van der Waals surface area contributed by atoms with Crippen LogP contribution in [0.5, 0.6) is 0 Å². The van der Waals surface area contributed by atoms with Crippen molar-refractivity contribution in [3.63, 3.8) is 0 Å². The molecule has 120 valence electrons. The minimum Gasteiger partial charge on any atom is -0.355 e. The molecule has 0 bridgehead atoms. The van der Waals surface area contributed by atoms with E-state index in [9.17, 15) is 4.79 Å². The van der Waals surface area contributed by atoms with Gasteiger partial charge in [0.1, 0.15) is 11.6 Å². The number of hydrogen-bond acceptors (Lipinski definition) is 3. The fraction of sp³-hybridized carbons (Fsp3) is 0.471. The Labute approximate surface area is 143 Å². The Morgan fingerprint density at radius 3 is 2.78 bits per heavy atom. The fourth-order valence-corrected chi connectivity index (χ4v) is 3.66. The fourth-order valence-electron chi connectivity index (χ4n) is 3.39. The van der Waals surface area contributed by atoms with E-state index in [1.165, 1.54) is 0 Å². The molecule has 2 aliphatic rings. The molecular formula is C17H19BrN4O. The number of carbonyl (C=O) groups excluding carboxylic acids is 1. The molecule has 1 N–H and O–H groups in total. The van der Waals surface area contributed by atoms with E-state index in [-0.39, 0.29) is 11.3 Å². The lowest BCUT2D eigenvalue weighted by Crippen LogP contribution is -2.36. The van der Waals surface area contributed by atoms with Crippen molar-refractivity contribution in [3.8, 4) is 0 Å². The molecule has 2 heterocycles. The number of fused-ring (bicyclic) bond motifs is 1. The van der Waals surface area contributed by atoms with Crippen LogP contribution in [0.2, 0.25) is 0 Å². The lowest BCUT2D eigenvalue weighted by molar-refractivity contribution is -0.123. The molecule has 1 fully saturated rings. The molecule has 0 saturated heterocycles. The average molecular weight is 375 g/mol. The van der Waals surface area contributed by atoms with Gasteiger partial charge in [0.2, 0.25) is 5.91 Å². The first-order valence-corrected chi connectivity index (χ1v) is 8.94. The van der Waals surface area contributed by atoms with Gasteiger partial charge in [0.05, 0.1) is 5.41 Å². The summed E-state index contributed by atoms with van der Waals surface area (Å²) in [4.78, 5) is 12.6. The number of halogens is 1. The van der Waals surface area contributed by atoms with Crippen LogP contribution >= 0.6 is 15.9 Å². The van der Waals surface area contributed by atoms with Gasteiger partial charge in [-0.2, -0.15) is 0 Å². The smallest absolute Gasteiger partial charge is 0.230 e. The number of aryl methyl sites for hydroxylation is 1. The lowest BCUT2D eigenvalue weighted by atomic mass is 9.95. The summed E-state index contributed by atoms with van der Waals surface area (Å²) in [5.74, 6) is 2.21. The molecule has 0 unspecified atom stereocenters. The number of amides is 1. The van der Waals surface area contributed by atoms with Gasteiger partial charge in [-0.3, -0.25) is 4.79 Å². The van der Waals surface area contributed by atoms with Crippen LogP contribution in [-0.4, -0.2) is 27.2 Å². The predicted octanol–water partition coefficient (Wildman–Crippen LogP) is 2.38. The predicted molar refractivity (Wildman–Crippen MR) is 90.1 cm³/mol.